The minimum atomic E-state index is -0.633. The van der Waals surface area contributed by atoms with Crippen LogP contribution in [0.2, 0.25) is 0 Å². The van der Waals surface area contributed by atoms with Crippen LogP contribution < -0.4 is 5.73 Å². The van der Waals surface area contributed by atoms with Crippen molar-refractivity contribution in [1.29, 1.82) is 0 Å². The zero-order valence-corrected chi connectivity index (χ0v) is 12.2. The fourth-order valence-electron chi connectivity index (χ4n) is 3.22. The molecule has 0 radical (unpaired) electrons. The minimum absolute atomic E-state index is 0.135. The van der Waals surface area contributed by atoms with Crippen LogP contribution in [-0.2, 0) is 14.3 Å². The number of ether oxygens (including phenoxy) is 1. The monoisotopic (exact) mass is 282 g/mol. The molecule has 0 bridgehead atoms. The SMILES string of the molecule is NC(=O)C1CN(C(=O)CCCC2CCCCC2)CCO1. The molecule has 0 aromatic rings. The van der Waals surface area contributed by atoms with Gasteiger partial charge in [-0.1, -0.05) is 32.1 Å². The van der Waals surface area contributed by atoms with E-state index in [1.54, 1.807) is 4.90 Å². The molecule has 114 valence electrons. The van der Waals surface area contributed by atoms with Gasteiger partial charge in [0.25, 0.3) is 0 Å². The van der Waals surface area contributed by atoms with E-state index in [4.69, 9.17) is 10.5 Å². The predicted molar refractivity (Wildman–Crippen MR) is 75.9 cm³/mol. The third-order valence-corrected chi connectivity index (χ3v) is 4.46. The van der Waals surface area contributed by atoms with Gasteiger partial charge in [-0.15, -0.1) is 0 Å². The Morgan fingerprint density at radius 3 is 2.65 bits per heavy atom. The molecule has 1 unspecified atom stereocenters. The molecule has 2 aliphatic rings. The third-order valence-electron chi connectivity index (χ3n) is 4.46. The van der Waals surface area contributed by atoms with Gasteiger partial charge >= 0.3 is 0 Å². The number of carbonyl (C=O) groups is 2. The van der Waals surface area contributed by atoms with Gasteiger partial charge < -0.3 is 15.4 Å². The van der Waals surface area contributed by atoms with Crippen LogP contribution in [0.3, 0.4) is 0 Å². The summed E-state index contributed by atoms with van der Waals surface area (Å²) in [5.74, 6) is 0.472. The molecule has 0 aromatic carbocycles. The van der Waals surface area contributed by atoms with Crippen LogP contribution >= 0.6 is 0 Å². The fourth-order valence-corrected chi connectivity index (χ4v) is 3.22. The highest BCUT2D eigenvalue weighted by molar-refractivity contribution is 5.81. The largest absolute Gasteiger partial charge is 0.367 e. The Balaban J connectivity index is 1.67. The molecule has 20 heavy (non-hydrogen) atoms. The summed E-state index contributed by atoms with van der Waals surface area (Å²) < 4.78 is 5.25. The molecule has 1 aliphatic carbocycles. The molecule has 5 heteroatoms. The van der Waals surface area contributed by atoms with Crippen LogP contribution in [0.5, 0.6) is 0 Å². The first-order chi connectivity index (χ1) is 9.66. The molecular formula is C15H26N2O3. The molecule has 0 aromatic heterocycles. The lowest BCUT2D eigenvalue weighted by molar-refractivity contribution is -0.145. The fraction of sp³-hybridized carbons (Fsp3) is 0.867. The van der Waals surface area contributed by atoms with E-state index in [-0.39, 0.29) is 5.91 Å². The average Bonchev–Trinajstić information content (AvgIpc) is 2.48. The first kappa shape index (κ1) is 15.3. The van der Waals surface area contributed by atoms with Crippen molar-refractivity contribution in [2.75, 3.05) is 19.7 Å². The van der Waals surface area contributed by atoms with E-state index in [9.17, 15) is 9.59 Å². The van der Waals surface area contributed by atoms with Gasteiger partial charge in [0.2, 0.25) is 11.8 Å². The number of carbonyl (C=O) groups excluding carboxylic acids is 2. The summed E-state index contributed by atoms with van der Waals surface area (Å²) in [6.45, 7) is 1.30. The Hall–Kier alpha value is -1.10. The molecule has 5 nitrogen and oxygen atoms in total. The van der Waals surface area contributed by atoms with E-state index in [1.165, 1.54) is 32.1 Å². The smallest absolute Gasteiger partial charge is 0.248 e. The summed E-state index contributed by atoms with van der Waals surface area (Å²) in [4.78, 5) is 25.0. The normalized spacial score (nSPS) is 24.6. The van der Waals surface area contributed by atoms with Gasteiger partial charge in [-0.2, -0.15) is 0 Å². The number of nitrogens with zero attached hydrogens (tertiary/aromatic N) is 1. The van der Waals surface area contributed by atoms with Crippen LogP contribution in [0.25, 0.3) is 0 Å². The van der Waals surface area contributed by atoms with Crippen LogP contribution in [0.4, 0.5) is 0 Å². The predicted octanol–water partition coefficient (Wildman–Crippen LogP) is 1.45. The standard InChI is InChI=1S/C15H26N2O3/c16-15(19)13-11-17(9-10-20-13)14(18)8-4-7-12-5-2-1-3-6-12/h12-13H,1-11H2,(H2,16,19). The summed E-state index contributed by atoms with van der Waals surface area (Å²) >= 11 is 0. The van der Waals surface area contributed by atoms with Crippen molar-refractivity contribution >= 4 is 11.8 Å². The summed E-state index contributed by atoms with van der Waals surface area (Å²) in [5.41, 5.74) is 5.23. The zero-order chi connectivity index (χ0) is 14.4. The van der Waals surface area contributed by atoms with Gasteiger partial charge in [0.05, 0.1) is 13.2 Å². The van der Waals surface area contributed by atoms with Crippen LogP contribution in [0.1, 0.15) is 51.4 Å². The maximum atomic E-state index is 12.1. The topological polar surface area (TPSA) is 72.6 Å². The molecule has 2 rings (SSSR count). The second-order valence-corrected chi connectivity index (χ2v) is 6.00. The number of morpholine rings is 1. The molecular weight excluding hydrogens is 256 g/mol. The third kappa shape index (κ3) is 4.47. The molecule has 1 heterocycles. The van der Waals surface area contributed by atoms with Crippen molar-refractivity contribution in [3.63, 3.8) is 0 Å². The summed E-state index contributed by atoms with van der Waals surface area (Å²) in [5, 5.41) is 0. The van der Waals surface area contributed by atoms with Gasteiger partial charge in [-0.25, -0.2) is 0 Å². The van der Waals surface area contributed by atoms with Gasteiger partial charge in [0.1, 0.15) is 0 Å². The number of nitrogens with two attached hydrogens (primary N) is 1. The highest BCUT2D eigenvalue weighted by Crippen LogP contribution is 2.27. The van der Waals surface area contributed by atoms with Crippen LogP contribution in [0, 0.1) is 5.92 Å². The lowest BCUT2D eigenvalue weighted by atomic mass is 9.86. The van der Waals surface area contributed by atoms with E-state index in [2.05, 4.69) is 0 Å². The Morgan fingerprint density at radius 2 is 1.95 bits per heavy atom. The summed E-state index contributed by atoms with van der Waals surface area (Å²) in [7, 11) is 0. The Kier molecular flexibility index (Phi) is 5.83. The Bertz CT molecular complexity index is 340. The van der Waals surface area contributed by atoms with Crippen molar-refractivity contribution in [2.45, 2.75) is 57.5 Å². The van der Waals surface area contributed by atoms with Crippen LogP contribution in [0.15, 0.2) is 0 Å². The molecule has 1 saturated heterocycles. The lowest BCUT2D eigenvalue weighted by Gasteiger charge is -2.31. The van der Waals surface area contributed by atoms with Gasteiger partial charge in [0.15, 0.2) is 6.10 Å². The number of hydrogen-bond acceptors (Lipinski definition) is 3. The van der Waals surface area contributed by atoms with Gasteiger partial charge in [-0.05, 0) is 18.8 Å². The minimum Gasteiger partial charge on any atom is -0.367 e. The number of primary amides is 1. The van der Waals surface area contributed by atoms with Gasteiger partial charge in [0, 0.05) is 13.0 Å². The van der Waals surface area contributed by atoms with Crippen LogP contribution in [-0.4, -0.2) is 42.5 Å². The second-order valence-electron chi connectivity index (χ2n) is 6.00. The molecule has 1 saturated carbocycles. The summed E-state index contributed by atoms with van der Waals surface area (Å²) in [6, 6.07) is 0. The number of amides is 2. The van der Waals surface area contributed by atoms with E-state index in [1.807, 2.05) is 0 Å². The second kappa shape index (κ2) is 7.62. The molecule has 2 amide bonds. The van der Waals surface area contributed by atoms with Gasteiger partial charge in [-0.3, -0.25) is 9.59 Å². The zero-order valence-electron chi connectivity index (χ0n) is 12.2. The van der Waals surface area contributed by atoms with E-state index >= 15 is 0 Å². The van der Waals surface area contributed by atoms with Crippen molar-refractivity contribution in [2.24, 2.45) is 11.7 Å². The summed E-state index contributed by atoms with van der Waals surface area (Å²) in [6.07, 6.45) is 8.80. The van der Waals surface area contributed by atoms with E-state index in [0.29, 0.717) is 26.1 Å². The lowest BCUT2D eigenvalue weighted by Crippen LogP contribution is -2.50. The number of rotatable bonds is 5. The molecule has 0 spiro atoms. The maximum Gasteiger partial charge on any atom is 0.248 e. The van der Waals surface area contributed by atoms with E-state index < -0.39 is 12.0 Å². The first-order valence-electron chi connectivity index (χ1n) is 7.85. The van der Waals surface area contributed by atoms with Crippen molar-refractivity contribution in [3.05, 3.63) is 0 Å². The highest BCUT2D eigenvalue weighted by atomic mass is 16.5. The first-order valence-corrected chi connectivity index (χ1v) is 7.85. The molecule has 2 fully saturated rings. The quantitative estimate of drug-likeness (QED) is 0.829. The molecule has 1 atom stereocenters. The maximum absolute atomic E-state index is 12.1. The average molecular weight is 282 g/mol. The van der Waals surface area contributed by atoms with Crippen molar-refractivity contribution < 1.29 is 14.3 Å². The Labute approximate surface area is 120 Å². The van der Waals surface area contributed by atoms with Crippen molar-refractivity contribution in [3.8, 4) is 0 Å². The molecule has 2 N–H and O–H groups in total. The number of hydrogen-bond donors (Lipinski definition) is 1. The Morgan fingerprint density at radius 1 is 1.20 bits per heavy atom. The molecule has 1 aliphatic heterocycles. The van der Waals surface area contributed by atoms with E-state index in [0.717, 1.165) is 18.8 Å². The van der Waals surface area contributed by atoms with Crippen molar-refractivity contribution in [1.82, 2.24) is 4.90 Å². The highest BCUT2D eigenvalue weighted by Gasteiger charge is 2.27.